The number of likely N-dealkylation sites (tertiary alicyclic amines) is 1. The maximum Gasteiger partial charge on any atom is 0.239 e. The number of nitrogens with one attached hydrogen (secondary N) is 1. The molecular weight excluding hydrogens is 202 g/mol. The first-order valence-electron chi connectivity index (χ1n) is 6.52. The molecule has 2 fully saturated rings. The minimum Gasteiger partial charge on any atom is -0.341 e. The van der Waals surface area contributed by atoms with Crippen molar-refractivity contribution in [3.05, 3.63) is 0 Å². The SMILES string of the molecule is C[C@H](C(=O)N1CCCCC1)N1CCNCC1. The fraction of sp³-hybridized carbons (Fsp3) is 0.917. The van der Waals surface area contributed by atoms with Crippen LogP contribution in [0, 0.1) is 0 Å². The second-order valence-corrected chi connectivity index (χ2v) is 4.85. The molecule has 4 heteroatoms. The van der Waals surface area contributed by atoms with E-state index in [1.165, 1.54) is 19.3 Å². The number of hydrogen-bond donors (Lipinski definition) is 1. The Bertz CT molecular complexity index is 232. The van der Waals surface area contributed by atoms with Gasteiger partial charge in [0.25, 0.3) is 0 Å². The van der Waals surface area contributed by atoms with Gasteiger partial charge < -0.3 is 10.2 Å². The molecule has 0 aliphatic carbocycles. The van der Waals surface area contributed by atoms with Crippen LogP contribution in [0.25, 0.3) is 0 Å². The van der Waals surface area contributed by atoms with Crippen LogP contribution >= 0.6 is 0 Å². The molecular formula is C12H23N3O. The maximum atomic E-state index is 12.3. The molecule has 0 radical (unpaired) electrons. The summed E-state index contributed by atoms with van der Waals surface area (Å²) in [5, 5.41) is 3.32. The molecule has 0 aromatic rings. The number of hydrogen-bond acceptors (Lipinski definition) is 3. The third-order valence-corrected chi connectivity index (χ3v) is 3.72. The fourth-order valence-corrected chi connectivity index (χ4v) is 2.60. The van der Waals surface area contributed by atoms with Crippen LogP contribution in [0.1, 0.15) is 26.2 Å². The highest BCUT2D eigenvalue weighted by Gasteiger charge is 2.27. The first-order chi connectivity index (χ1) is 7.79. The van der Waals surface area contributed by atoms with Gasteiger partial charge in [-0.15, -0.1) is 0 Å². The molecule has 0 bridgehead atoms. The van der Waals surface area contributed by atoms with Crippen molar-refractivity contribution in [1.82, 2.24) is 15.1 Å². The van der Waals surface area contributed by atoms with E-state index < -0.39 is 0 Å². The van der Waals surface area contributed by atoms with Crippen molar-refractivity contribution in [2.75, 3.05) is 39.3 Å². The standard InChI is InChI=1S/C12H23N3O/c1-11(14-9-5-13-6-10-14)12(16)15-7-3-2-4-8-15/h11,13H,2-10H2,1H3/t11-/m1/s1. The normalized spacial score (nSPS) is 25.4. The monoisotopic (exact) mass is 225 g/mol. The highest BCUT2D eigenvalue weighted by Crippen LogP contribution is 2.12. The van der Waals surface area contributed by atoms with Gasteiger partial charge in [-0.05, 0) is 26.2 Å². The lowest BCUT2D eigenvalue weighted by Gasteiger charge is -2.36. The predicted molar refractivity (Wildman–Crippen MR) is 64.3 cm³/mol. The number of nitrogens with zero attached hydrogens (tertiary/aromatic N) is 2. The Morgan fingerprint density at radius 3 is 2.31 bits per heavy atom. The Hall–Kier alpha value is -0.610. The van der Waals surface area contributed by atoms with Crippen LogP contribution in [0.2, 0.25) is 0 Å². The van der Waals surface area contributed by atoms with Crippen LogP contribution in [0.15, 0.2) is 0 Å². The largest absolute Gasteiger partial charge is 0.341 e. The lowest BCUT2D eigenvalue weighted by Crippen LogP contribution is -2.54. The number of carbonyl (C=O) groups excluding carboxylic acids is 1. The summed E-state index contributed by atoms with van der Waals surface area (Å²) in [6.45, 7) is 8.02. The zero-order valence-electron chi connectivity index (χ0n) is 10.2. The molecule has 1 amide bonds. The number of amides is 1. The average molecular weight is 225 g/mol. The van der Waals surface area contributed by atoms with Gasteiger partial charge in [-0.25, -0.2) is 0 Å². The van der Waals surface area contributed by atoms with Gasteiger partial charge in [-0.1, -0.05) is 0 Å². The number of rotatable bonds is 2. The third kappa shape index (κ3) is 2.74. The first-order valence-corrected chi connectivity index (χ1v) is 6.52. The van der Waals surface area contributed by atoms with Crippen molar-refractivity contribution in [2.45, 2.75) is 32.2 Å². The molecule has 0 aromatic carbocycles. The van der Waals surface area contributed by atoms with E-state index >= 15 is 0 Å². The number of piperazine rings is 1. The second kappa shape index (κ2) is 5.64. The summed E-state index contributed by atoms with van der Waals surface area (Å²) >= 11 is 0. The van der Waals surface area contributed by atoms with Crippen molar-refractivity contribution in [3.8, 4) is 0 Å². The Morgan fingerprint density at radius 1 is 1.06 bits per heavy atom. The first kappa shape index (κ1) is 11.9. The van der Waals surface area contributed by atoms with Crippen molar-refractivity contribution in [3.63, 3.8) is 0 Å². The molecule has 4 nitrogen and oxygen atoms in total. The van der Waals surface area contributed by atoms with E-state index in [0.29, 0.717) is 5.91 Å². The van der Waals surface area contributed by atoms with Gasteiger partial charge in [0.15, 0.2) is 0 Å². The van der Waals surface area contributed by atoms with E-state index in [4.69, 9.17) is 0 Å². The zero-order chi connectivity index (χ0) is 11.4. The molecule has 2 aliphatic rings. The summed E-state index contributed by atoms with van der Waals surface area (Å²) in [6.07, 6.45) is 3.64. The van der Waals surface area contributed by atoms with Crippen molar-refractivity contribution >= 4 is 5.91 Å². The molecule has 16 heavy (non-hydrogen) atoms. The van der Waals surface area contributed by atoms with E-state index in [2.05, 4.69) is 22.0 Å². The molecule has 92 valence electrons. The second-order valence-electron chi connectivity index (χ2n) is 4.85. The number of piperidine rings is 1. The van der Waals surface area contributed by atoms with Crippen molar-refractivity contribution in [1.29, 1.82) is 0 Å². The molecule has 0 spiro atoms. The van der Waals surface area contributed by atoms with E-state index in [0.717, 1.165) is 39.3 Å². The van der Waals surface area contributed by atoms with Crippen LogP contribution < -0.4 is 5.32 Å². The quantitative estimate of drug-likeness (QED) is 0.734. The summed E-state index contributed by atoms with van der Waals surface area (Å²) < 4.78 is 0. The minimum absolute atomic E-state index is 0.0696. The van der Waals surface area contributed by atoms with E-state index in [9.17, 15) is 4.79 Å². The van der Waals surface area contributed by atoms with Crippen LogP contribution in [0.3, 0.4) is 0 Å². The van der Waals surface area contributed by atoms with Crippen molar-refractivity contribution < 1.29 is 4.79 Å². The third-order valence-electron chi connectivity index (χ3n) is 3.72. The fourth-order valence-electron chi connectivity index (χ4n) is 2.60. The molecule has 0 saturated carbocycles. The Morgan fingerprint density at radius 2 is 1.69 bits per heavy atom. The number of carbonyl (C=O) groups is 1. The van der Waals surface area contributed by atoms with E-state index in [1.54, 1.807) is 0 Å². The van der Waals surface area contributed by atoms with Crippen LogP contribution in [-0.2, 0) is 4.79 Å². The lowest BCUT2D eigenvalue weighted by atomic mass is 10.1. The van der Waals surface area contributed by atoms with Gasteiger partial charge in [-0.2, -0.15) is 0 Å². The van der Waals surface area contributed by atoms with Crippen LogP contribution in [0.4, 0.5) is 0 Å². The molecule has 1 N–H and O–H groups in total. The highest BCUT2D eigenvalue weighted by atomic mass is 16.2. The summed E-state index contributed by atoms with van der Waals surface area (Å²) in [5.74, 6) is 0.335. The van der Waals surface area contributed by atoms with E-state index in [-0.39, 0.29) is 6.04 Å². The molecule has 2 saturated heterocycles. The lowest BCUT2D eigenvalue weighted by molar-refractivity contribution is -0.137. The highest BCUT2D eigenvalue weighted by molar-refractivity contribution is 5.81. The van der Waals surface area contributed by atoms with Crippen molar-refractivity contribution in [2.24, 2.45) is 0 Å². The van der Waals surface area contributed by atoms with Gasteiger partial charge >= 0.3 is 0 Å². The van der Waals surface area contributed by atoms with Gasteiger partial charge in [-0.3, -0.25) is 9.69 Å². The molecule has 0 aromatic heterocycles. The average Bonchev–Trinajstić information content (AvgIpc) is 2.39. The topological polar surface area (TPSA) is 35.6 Å². The van der Waals surface area contributed by atoms with Gasteiger partial charge in [0.1, 0.15) is 0 Å². The summed E-state index contributed by atoms with van der Waals surface area (Å²) in [5.41, 5.74) is 0. The maximum absolute atomic E-state index is 12.3. The molecule has 2 heterocycles. The Balaban J connectivity index is 1.86. The minimum atomic E-state index is 0.0696. The molecule has 2 rings (SSSR count). The smallest absolute Gasteiger partial charge is 0.239 e. The zero-order valence-corrected chi connectivity index (χ0v) is 10.2. The van der Waals surface area contributed by atoms with Gasteiger partial charge in [0, 0.05) is 39.3 Å². The Kier molecular flexibility index (Phi) is 4.18. The van der Waals surface area contributed by atoms with Crippen LogP contribution in [-0.4, -0.2) is 61.0 Å². The van der Waals surface area contributed by atoms with Crippen LogP contribution in [0.5, 0.6) is 0 Å². The molecule has 0 unspecified atom stereocenters. The van der Waals surface area contributed by atoms with Gasteiger partial charge in [0.05, 0.1) is 6.04 Å². The summed E-state index contributed by atoms with van der Waals surface area (Å²) in [7, 11) is 0. The predicted octanol–water partition coefficient (Wildman–Crippen LogP) is 0.293. The Labute approximate surface area is 98.0 Å². The van der Waals surface area contributed by atoms with E-state index in [1.807, 2.05) is 0 Å². The molecule has 2 aliphatic heterocycles. The van der Waals surface area contributed by atoms with Gasteiger partial charge in [0.2, 0.25) is 5.91 Å². The molecule has 1 atom stereocenters. The summed E-state index contributed by atoms with van der Waals surface area (Å²) in [6, 6.07) is 0.0696. The summed E-state index contributed by atoms with van der Waals surface area (Å²) in [4.78, 5) is 16.6.